The molecule has 6 atom stereocenters. The molecule has 1 aliphatic carbocycles. The van der Waals surface area contributed by atoms with Crippen LogP contribution < -0.4 is 16.0 Å². The highest BCUT2D eigenvalue weighted by Crippen LogP contribution is 2.36. The lowest BCUT2D eigenvalue weighted by molar-refractivity contribution is -0.132. The first-order valence-electron chi connectivity index (χ1n) is 17.6. The smallest absolute Gasteiger partial charge is 0.408 e. The average molecular weight is 706 g/mol. The first-order valence-corrected chi connectivity index (χ1v) is 18.6. The van der Waals surface area contributed by atoms with Crippen LogP contribution >= 0.6 is 11.8 Å². The van der Waals surface area contributed by atoms with E-state index in [1.54, 1.807) is 27.9 Å². The fourth-order valence-electron chi connectivity index (χ4n) is 6.48. The van der Waals surface area contributed by atoms with E-state index in [2.05, 4.69) is 22.0 Å². The molecule has 3 aromatic carbocycles. The van der Waals surface area contributed by atoms with Crippen molar-refractivity contribution in [2.24, 2.45) is 11.8 Å². The molecule has 9 nitrogen and oxygen atoms in total. The zero-order valence-corrected chi connectivity index (χ0v) is 31.3. The summed E-state index contributed by atoms with van der Waals surface area (Å²) in [6.45, 7) is 11.2. The number of alkyl carbamates (subject to hydrolysis) is 1. The van der Waals surface area contributed by atoms with Crippen LogP contribution in [0.5, 0.6) is 0 Å². The standard InChI is InChI=1S/C40H55N3O6S/c1-39(2,3)43-36(45)32-20-18-30(48-7)22-29(32)24-35(44)33(21-26-13-9-8-10-14-26)41-37(46)34(42-38(47)49-40(4,5)6)25-50-31-19-17-27-15-11-12-16-28(27)23-31/h8-17,19,23,29-30,32-35,44H,18,20-22,24-25H2,1-7H3,(H,41,46)(H,42,47)(H,43,45). The quantitative estimate of drug-likeness (QED) is 0.147. The first kappa shape index (κ1) is 39.2. The predicted molar refractivity (Wildman–Crippen MR) is 200 cm³/mol. The number of thioether (sulfide) groups is 1. The molecule has 0 aromatic heterocycles. The summed E-state index contributed by atoms with van der Waals surface area (Å²) in [6.07, 6.45) is 1.04. The van der Waals surface area contributed by atoms with Gasteiger partial charge in [0.25, 0.3) is 0 Å². The Hall–Kier alpha value is -3.60. The van der Waals surface area contributed by atoms with Gasteiger partial charge in [0.1, 0.15) is 11.6 Å². The van der Waals surface area contributed by atoms with Crippen molar-refractivity contribution in [3.63, 3.8) is 0 Å². The summed E-state index contributed by atoms with van der Waals surface area (Å²) in [5.41, 5.74) is -0.193. The number of carbonyl (C=O) groups excluding carboxylic acids is 3. The molecule has 4 rings (SSSR count). The number of aliphatic hydroxyl groups excluding tert-OH is 1. The van der Waals surface area contributed by atoms with E-state index < -0.39 is 35.8 Å². The molecule has 0 aliphatic heterocycles. The van der Waals surface area contributed by atoms with Crippen molar-refractivity contribution in [2.45, 2.75) is 114 Å². The van der Waals surface area contributed by atoms with E-state index in [9.17, 15) is 19.5 Å². The second-order valence-electron chi connectivity index (χ2n) is 15.4. The fraction of sp³-hybridized carbons (Fsp3) is 0.525. The second kappa shape index (κ2) is 17.6. The molecule has 1 fully saturated rings. The third-order valence-corrected chi connectivity index (χ3v) is 9.97. The molecule has 0 saturated heterocycles. The number of fused-ring (bicyclic) bond motifs is 1. The summed E-state index contributed by atoms with van der Waals surface area (Å²) in [4.78, 5) is 41.5. The Morgan fingerprint density at radius 2 is 1.58 bits per heavy atom. The summed E-state index contributed by atoms with van der Waals surface area (Å²) in [5, 5.41) is 23.1. The molecule has 6 unspecified atom stereocenters. The number of methoxy groups -OCH3 is 1. The molecule has 3 aromatic rings. The number of rotatable bonds is 13. The zero-order valence-electron chi connectivity index (χ0n) is 30.5. The van der Waals surface area contributed by atoms with E-state index in [1.807, 2.05) is 87.5 Å². The van der Waals surface area contributed by atoms with Gasteiger partial charge in [0.15, 0.2) is 0 Å². The molecular formula is C40H55N3O6S. The number of hydrogen-bond acceptors (Lipinski definition) is 7. The van der Waals surface area contributed by atoms with Gasteiger partial charge in [-0.25, -0.2) is 4.79 Å². The molecule has 1 aliphatic rings. The van der Waals surface area contributed by atoms with Gasteiger partial charge in [0.2, 0.25) is 11.8 Å². The molecule has 0 spiro atoms. The molecule has 50 heavy (non-hydrogen) atoms. The minimum absolute atomic E-state index is 0.0115. The van der Waals surface area contributed by atoms with E-state index >= 15 is 0 Å². The SMILES string of the molecule is COC1CCC(C(=O)NC(C)(C)C)C(CC(O)C(Cc2ccccc2)NC(=O)C(CSc2ccc3ccccc3c2)NC(=O)OC(C)(C)C)C1. The van der Waals surface area contributed by atoms with Crippen molar-refractivity contribution in [1.82, 2.24) is 16.0 Å². The van der Waals surface area contributed by atoms with Crippen molar-refractivity contribution in [3.05, 3.63) is 78.4 Å². The third kappa shape index (κ3) is 12.3. The molecule has 1 saturated carbocycles. The zero-order chi connectivity index (χ0) is 36.5. The Kier molecular flexibility index (Phi) is 13.8. The van der Waals surface area contributed by atoms with Crippen LogP contribution in [0.3, 0.4) is 0 Å². The maximum atomic E-state index is 14.1. The number of benzene rings is 3. The van der Waals surface area contributed by atoms with Crippen LogP contribution in [0.1, 0.15) is 72.8 Å². The lowest BCUT2D eigenvalue weighted by atomic mass is 9.73. The maximum Gasteiger partial charge on any atom is 0.408 e. The highest BCUT2D eigenvalue weighted by Gasteiger charge is 2.39. The van der Waals surface area contributed by atoms with Crippen LogP contribution in [0.15, 0.2) is 77.7 Å². The van der Waals surface area contributed by atoms with Gasteiger partial charge in [0.05, 0.1) is 18.2 Å². The van der Waals surface area contributed by atoms with Crippen LogP contribution in [0.2, 0.25) is 0 Å². The van der Waals surface area contributed by atoms with Crippen LogP contribution in [-0.2, 0) is 25.5 Å². The van der Waals surface area contributed by atoms with Gasteiger partial charge in [-0.05, 0) is 108 Å². The normalized spacial score (nSPS) is 20.0. The summed E-state index contributed by atoms with van der Waals surface area (Å²) in [5.74, 6) is -0.654. The van der Waals surface area contributed by atoms with E-state index in [1.165, 1.54) is 11.8 Å². The van der Waals surface area contributed by atoms with Gasteiger partial charge < -0.3 is 30.5 Å². The minimum atomic E-state index is -0.972. The van der Waals surface area contributed by atoms with Crippen LogP contribution in [-0.4, -0.2) is 71.3 Å². The van der Waals surface area contributed by atoms with Crippen molar-refractivity contribution in [1.29, 1.82) is 0 Å². The molecule has 0 bridgehead atoms. The molecular weight excluding hydrogens is 651 g/mol. The Bertz CT molecular complexity index is 1570. The highest BCUT2D eigenvalue weighted by atomic mass is 32.2. The van der Waals surface area contributed by atoms with Crippen molar-refractivity contribution in [2.75, 3.05) is 12.9 Å². The summed E-state index contributed by atoms with van der Waals surface area (Å²) in [6, 6.07) is 22.2. The Morgan fingerprint density at radius 1 is 0.900 bits per heavy atom. The van der Waals surface area contributed by atoms with Crippen LogP contribution in [0.4, 0.5) is 4.79 Å². The topological polar surface area (TPSA) is 126 Å². The monoisotopic (exact) mass is 705 g/mol. The van der Waals surface area contributed by atoms with Gasteiger partial charge in [-0.1, -0.05) is 60.7 Å². The Labute approximate surface area is 301 Å². The maximum absolute atomic E-state index is 14.1. The molecule has 0 heterocycles. The Morgan fingerprint density at radius 3 is 2.24 bits per heavy atom. The lowest BCUT2D eigenvalue weighted by Gasteiger charge is -2.38. The summed E-state index contributed by atoms with van der Waals surface area (Å²) in [7, 11) is 1.68. The predicted octanol–water partition coefficient (Wildman–Crippen LogP) is 6.65. The van der Waals surface area contributed by atoms with Crippen LogP contribution in [0, 0.1) is 11.8 Å². The van der Waals surface area contributed by atoms with E-state index in [4.69, 9.17) is 9.47 Å². The number of amides is 3. The van der Waals surface area contributed by atoms with Crippen molar-refractivity contribution < 1.29 is 29.0 Å². The number of aliphatic hydroxyl groups is 1. The number of ether oxygens (including phenoxy) is 2. The van der Waals surface area contributed by atoms with E-state index in [0.29, 0.717) is 25.7 Å². The van der Waals surface area contributed by atoms with Gasteiger partial charge in [-0.3, -0.25) is 9.59 Å². The third-order valence-electron chi connectivity index (χ3n) is 8.88. The van der Waals surface area contributed by atoms with E-state index in [-0.39, 0.29) is 35.1 Å². The van der Waals surface area contributed by atoms with Gasteiger partial charge in [0, 0.05) is 29.2 Å². The molecule has 3 amide bonds. The first-order chi connectivity index (χ1) is 23.6. The molecule has 10 heteroatoms. The summed E-state index contributed by atoms with van der Waals surface area (Å²) >= 11 is 1.46. The fourth-order valence-corrected chi connectivity index (χ4v) is 7.45. The largest absolute Gasteiger partial charge is 0.444 e. The Balaban J connectivity index is 1.56. The second-order valence-corrected chi connectivity index (χ2v) is 16.5. The molecule has 4 N–H and O–H groups in total. The highest BCUT2D eigenvalue weighted by molar-refractivity contribution is 7.99. The van der Waals surface area contributed by atoms with Crippen molar-refractivity contribution >= 4 is 40.4 Å². The summed E-state index contributed by atoms with van der Waals surface area (Å²) < 4.78 is 11.2. The van der Waals surface area contributed by atoms with Gasteiger partial charge >= 0.3 is 6.09 Å². The van der Waals surface area contributed by atoms with E-state index in [0.717, 1.165) is 27.7 Å². The number of nitrogens with one attached hydrogen (secondary N) is 3. The van der Waals surface area contributed by atoms with Crippen molar-refractivity contribution in [3.8, 4) is 0 Å². The van der Waals surface area contributed by atoms with Gasteiger partial charge in [-0.15, -0.1) is 11.8 Å². The molecule has 0 radical (unpaired) electrons. The molecule has 272 valence electrons. The number of hydrogen-bond donors (Lipinski definition) is 4. The minimum Gasteiger partial charge on any atom is -0.444 e. The van der Waals surface area contributed by atoms with Gasteiger partial charge in [-0.2, -0.15) is 0 Å². The lowest BCUT2D eigenvalue weighted by Crippen LogP contribution is -2.55. The average Bonchev–Trinajstić information content (AvgIpc) is 3.04. The number of carbonyl (C=O) groups is 3. The van der Waals surface area contributed by atoms with Crippen LogP contribution in [0.25, 0.3) is 10.8 Å².